The second kappa shape index (κ2) is 8.38. The van der Waals surface area contributed by atoms with E-state index in [0.717, 1.165) is 65.7 Å². The van der Waals surface area contributed by atoms with Crippen LogP contribution in [0.5, 0.6) is 0 Å². The van der Waals surface area contributed by atoms with Gasteiger partial charge in [0.1, 0.15) is 5.69 Å². The van der Waals surface area contributed by atoms with E-state index in [9.17, 15) is 0 Å². The van der Waals surface area contributed by atoms with Crippen molar-refractivity contribution in [1.29, 1.82) is 0 Å². The van der Waals surface area contributed by atoms with E-state index < -0.39 is 0 Å². The van der Waals surface area contributed by atoms with Gasteiger partial charge in [-0.25, -0.2) is 4.68 Å². The number of allylic oxidation sites excluding steroid dienone is 4. The molecule has 3 fully saturated rings. The van der Waals surface area contributed by atoms with E-state index in [0.29, 0.717) is 11.3 Å². The molecule has 180 valence electrons. The third-order valence-corrected chi connectivity index (χ3v) is 11.1. The lowest BCUT2D eigenvalue weighted by atomic mass is 9.45. The molecule has 4 atom stereocenters. The van der Waals surface area contributed by atoms with Gasteiger partial charge >= 0.3 is 0 Å². The summed E-state index contributed by atoms with van der Waals surface area (Å²) < 4.78 is 3.27. The highest BCUT2D eigenvalue weighted by Gasteiger charge is 2.53. The van der Waals surface area contributed by atoms with Gasteiger partial charge in [-0.1, -0.05) is 51.1 Å². The maximum atomic E-state index is 6.77. The number of thiophene rings is 1. The summed E-state index contributed by atoms with van der Waals surface area (Å²) in [6.45, 7) is 12.6. The molecule has 0 saturated heterocycles. The molecule has 0 amide bonds. The molecule has 34 heavy (non-hydrogen) atoms. The van der Waals surface area contributed by atoms with Crippen LogP contribution in [0.15, 0.2) is 33.6 Å². The van der Waals surface area contributed by atoms with Crippen LogP contribution in [-0.4, -0.2) is 16.3 Å². The molecule has 0 aliphatic heterocycles. The van der Waals surface area contributed by atoms with E-state index >= 15 is 0 Å². The summed E-state index contributed by atoms with van der Waals surface area (Å²) in [5, 5.41) is 9.69. The minimum absolute atomic E-state index is 0.454. The van der Waals surface area contributed by atoms with E-state index in [2.05, 4.69) is 71.5 Å². The molecule has 2 aromatic rings. The summed E-state index contributed by atoms with van der Waals surface area (Å²) in [5.74, 6) is 2.95. The van der Waals surface area contributed by atoms with Crippen molar-refractivity contribution in [2.24, 2.45) is 29.1 Å². The maximum absolute atomic E-state index is 6.77. The first-order chi connectivity index (χ1) is 16.2. The molecule has 1 N–H and O–H groups in total. The van der Waals surface area contributed by atoms with E-state index in [1.807, 2.05) is 11.3 Å². The van der Waals surface area contributed by atoms with E-state index in [-0.39, 0.29) is 0 Å². The number of aromatic nitrogens is 2. The van der Waals surface area contributed by atoms with Gasteiger partial charge in [0, 0.05) is 22.5 Å². The van der Waals surface area contributed by atoms with Crippen LogP contribution in [0.4, 0.5) is 0 Å². The summed E-state index contributed by atoms with van der Waals surface area (Å²) >= 11 is 12.3. The Labute approximate surface area is 220 Å². The molecule has 0 radical (unpaired) electrons. The Morgan fingerprint density at radius 1 is 1.35 bits per heavy atom. The fourth-order valence-corrected chi connectivity index (χ4v) is 9.00. The van der Waals surface area contributed by atoms with Crippen LogP contribution in [0.25, 0.3) is 22.7 Å². The Balaban J connectivity index is 1.33. The molecule has 0 spiro atoms. The van der Waals surface area contributed by atoms with E-state index in [1.54, 1.807) is 0 Å². The van der Waals surface area contributed by atoms with Crippen LogP contribution in [-0.2, 0) is 12.8 Å². The van der Waals surface area contributed by atoms with Gasteiger partial charge in [0.25, 0.3) is 0 Å². The van der Waals surface area contributed by atoms with Gasteiger partial charge in [-0.3, -0.25) is 0 Å². The summed E-state index contributed by atoms with van der Waals surface area (Å²) in [4.78, 5) is 1.42. The SMILES string of the molecule is C=C(NCC1CCC2CC1C2(C)C)c1nn(C2=CCC(C)C=C2Cl)c2c1CCc1sc(Br)cc1-2. The fraction of sp³-hybridized carbons (Fsp3) is 0.536. The Kier molecular flexibility index (Phi) is 5.70. The summed E-state index contributed by atoms with van der Waals surface area (Å²) in [6, 6.07) is 2.25. The number of nitrogens with zero attached hydrogens (tertiary/aromatic N) is 2. The van der Waals surface area contributed by atoms with Gasteiger partial charge in [0.15, 0.2) is 0 Å². The number of rotatable bonds is 5. The lowest BCUT2D eigenvalue weighted by Crippen LogP contribution is -2.54. The van der Waals surface area contributed by atoms with Crippen molar-refractivity contribution >= 4 is 50.3 Å². The predicted molar refractivity (Wildman–Crippen MR) is 148 cm³/mol. The Morgan fingerprint density at radius 3 is 2.91 bits per heavy atom. The number of aryl methyl sites for hydroxylation is 1. The van der Waals surface area contributed by atoms with Crippen molar-refractivity contribution in [3.8, 4) is 11.3 Å². The lowest BCUT2D eigenvalue weighted by Gasteiger charge is -2.60. The van der Waals surface area contributed by atoms with Crippen molar-refractivity contribution in [2.75, 3.05) is 6.54 Å². The fourth-order valence-electron chi connectivity index (χ4n) is 6.93. The lowest BCUT2D eigenvalue weighted by molar-refractivity contribution is -0.103. The zero-order valence-corrected chi connectivity index (χ0v) is 23.4. The van der Waals surface area contributed by atoms with E-state index in [4.69, 9.17) is 16.7 Å². The van der Waals surface area contributed by atoms with Crippen LogP contribution in [0.1, 0.15) is 62.6 Å². The first-order valence-electron chi connectivity index (χ1n) is 12.7. The quantitative estimate of drug-likeness (QED) is 0.402. The Hall–Kier alpha value is -1.30. The van der Waals surface area contributed by atoms with Crippen molar-refractivity contribution in [1.82, 2.24) is 15.1 Å². The van der Waals surface area contributed by atoms with Crippen LogP contribution < -0.4 is 5.32 Å². The topological polar surface area (TPSA) is 29.9 Å². The second-order valence-electron chi connectivity index (χ2n) is 11.3. The van der Waals surface area contributed by atoms with E-state index in [1.165, 1.54) is 44.7 Å². The van der Waals surface area contributed by atoms with Crippen LogP contribution in [0.3, 0.4) is 0 Å². The molecule has 5 aliphatic carbocycles. The highest BCUT2D eigenvalue weighted by atomic mass is 79.9. The molecule has 3 saturated carbocycles. The van der Waals surface area contributed by atoms with Crippen LogP contribution in [0.2, 0.25) is 0 Å². The number of hydrogen-bond acceptors (Lipinski definition) is 3. The molecule has 7 rings (SSSR count). The van der Waals surface area contributed by atoms with Crippen LogP contribution >= 0.6 is 38.9 Å². The molecule has 2 heterocycles. The van der Waals surface area contributed by atoms with Crippen molar-refractivity contribution in [3.63, 3.8) is 0 Å². The average molecular weight is 559 g/mol. The molecule has 2 aromatic heterocycles. The first kappa shape index (κ1) is 23.1. The largest absolute Gasteiger partial charge is 0.383 e. The summed E-state index contributed by atoms with van der Waals surface area (Å²) in [5.41, 5.74) is 7.23. The highest BCUT2D eigenvalue weighted by molar-refractivity contribution is 9.11. The number of halogens is 2. The van der Waals surface area contributed by atoms with Gasteiger partial charge in [0.2, 0.25) is 0 Å². The van der Waals surface area contributed by atoms with Gasteiger partial charge in [0.05, 0.1) is 25.9 Å². The third kappa shape index (κ3) is 3.60. The normalized spacial score (nSPS) is 28.9. The smallest absolute Gasteiger partial charge is 0.112 e. The monoisotopic (exact) mass is 557 g/mol. The molecule has 0 aromatic carbocycles. The number of fused-ring (bicyclic) bond motifs is 5. The minimum Gasteiger partial charge on any atom is -0.383 e. The number of hydrogen-bond donors (Lipinski definition) is 1. The Morgan fingerprint density at radius 2 is 2.18 bits per heavy atom. The van der Waals surface area contributed by atoms with Gasteiger partial charge in [-0.2, -0.15) is 5.10 Å². The van der Waals surface area contributed by atoms with Crippen molar-refractivity contribution < 1.29 is 0 Å². The molecule has 6 heteroatoms. The first-order valence-corrected chi connectivity index (χ1v) is 14.6. The van der Waals surface area contributed by atoms with Gasteiger partial charge in [-0.15, -0.1) is 11.3 Å². The highest BCUT2D eigenvalue weighted by Crippen LogP contribution is 2.61. The number of nitrogens with one attached hydrogen (secondary N) is 1. The minimum atomic E-state index is 0.454. The summed E-state index contributed by atoms with van der Waals surface area (Å²) in [6.07, 6.45) is 11.5. The van der Waals surface area contributed by atoms with Crippen molar-refractivity contribution in [3.05, 3.63) is 49.8 Å². The van der Waals surface area contributed by atoms with Gasteiger partial charge < -0.3 is 5.32 Å². The second-order valence-corrected chi connectivity index (χ2v) is 14.3. The zero-order chi connectivity index (χ0) is 23.8. The molecule has 4 unspecified atom stereocenters. The maximum Gasteiger partial charge on any atom is 0.112 e. The molecule has 2 bridgehead atoms. The molecule has 3 nitrogen and oxygen atoms in total. The van der Waals surface area contributed by atoms with Gasteiger partial charge in [-0.05, 0) is 89.6 Å². The molecular weight excluding hydrogens is 526 g/mol. The molecular formula is C28H33BrClN3S. The third-order valence-electron chi connectivity index (χ3n) is 9.07. The van der Waals surface area contributed by atoms with Crippen molar-refractivity contribution in [2.45, 2.75) is 59.3 Å². The zero-order valence-electron chi connectivity index (χ0n) is 20.3. The standard InChI is InChI=1S/C28H33BrClN3S/c1-15-5-9-23(22(30)11-15)33-27-19(8-10-24-20(27)13-25(29)34-24)26(32-33)16(2)31-14-17-6-7-18-12-21(17)28(18,3)4/h9,11,13,15,17-18,21,31H,2,5-8,10,12,14H2,1,3-4H3. The molecule has 5 aliphatic rings. The van der Waals surface area contributed by atoms with Crippen LogP contribution in [0, 0.1) is 29.1 Å². The Bertz CT molecular complexity index is 1230. The average Bonchev–Trinajstić information content (AvgIpc) is 3.37. The predicted octanol–water partition coefficient (Wildman–Crippen LogP) is 8.11. The summed E-state index contributed by atoms with van der Waals surface area (Å²) in [7, 11) is 0.